The molecule has 0 spiro atoms. The zero-order chi connectivity index (χ0) is 13.1. The summed E-state index contributed by atoms with van der Waals surface area (Å²) >= 11 is 5.89. The van der Waals surface area contributed by atoms with Gasteiger partial charge in [0, 0.05) is 5.56 Å². The molecule has 2 rings (SSSR count). The van der Waals surface area contributed by atoms with Crippen molar-refractivity contribution < 1.29 is 9.47 Å². The third-order valence-corrected chi connectivity index (χ3v) is 2.80. The number of nitrogens with zero attached hydrogens (tertiary/aromatic N) is 1. The lowest BCUT2D eigenvalue weighted by Gasteiger charge is -2.11. The topological polar surface area (TPSA) is 36.2 Å². The summed E-state index contributed by atoms with van der Waals surface area (Å²) in [6.07, 6.45) is 1.32. The molecule has 0 aliphatic rings. The maximum atomic E-state index is 12.0. The Kier molecular flexibility index (Phi) is 3.53. The van der Waals surface area contributed by atoms with E-state index >= 15 is 0 Å². The van der Waals surface area contributed by atoms with Gasteiger partial charge in [-0.05, 0) is 18.2 Å². The van der Waals surface area contributed by atoms with Crippen molar-refractivity contribution in [1.82, 2.24) is 0 Å². The number of benzene rings is 1. The number of ether oxygens (including phenoxy) is 1. The maximum Gasteiger partial charge on any atom is 0.234 e. The van der Waals surface area contributed by atoms with Crippen molar-refractivity contribution in [1.29, 1.82) is 0 Å². The molecule has 2 aromatic rings. The molecule has 1 aromatic carbocycles. The molecule has 92 valence electrons. The second-order valence-electron chi connectivity index (χ2n) is 3.74. The molecule has 0 radical (unpaired) electrons. The van der Waals surface area contributed by atoms with Gasteiger partial charge < -0.3 is 9.94 Å². The van der Waals surface area contributed by atoms with Gasteiger partial charge in [-0.3, -0.25) is 0 Å². The van der Waals surface area contributed by atoms with Crippen molar-refractivity contribution in [2.45, 2.75) is 0 Å². The monoisotopic (exact) mass is 261 g/mol. The molecule has 18 heavy (non-hydrogen) atoms. The summed E-state index contributed by atoms with van der Waals surface area (Å²) in [5.74, 6) is 0.404. The van der Waals surface area contributed by atoms with Crippen LogP contribution in [0.25, 0.3) is 17.0 Å². The Morgan fingerprint density at radius 3 is 2.61 bits per heavy atom. The minimum absolute atomic E-state index is 0.345. The van der Waals surface area contributed by atoms with Gasteiger partial charge in [-0.15, -0.1) is 0 Å². The minimum atomic E-state index is 0.345. The van der Waals surface area contributed by atoms with Crippen LogP contribution in [0.15, 0.2) is 49.2 Å². The molecular weight excluding hydrogens is 250 g/mol. The largest absolute Gasteiger partial charge is 0.618 e. The van der Waals surface area contributed by atoms with Crippen LogP contribution < -0.4 is 4.73 Å². The summed E-state index contributed by atoms with van der Waals surface area (Å²) < 4.78 is 5.84. The first kappa shape index (κ1) is 12.5. The first-order valence-electron chi connectivity index (χ1n) is 5.35. The second kappa shape index (κ2) is 5.10. The van der Waals surface area contributed by atoms with E-state index < -0.39 is 0 Å². The average molecular weight is 262 g/mol. The SMILES string of the molecule is C=C(OC)c1cc(Cl)c[n+]([O-])c1-c1ccccc1. The van der Waals surface area contributed by atoms with E-state index in [-0.39, 0.29) is 0 Å². The lowest BCUT2D eigenvalue weighted by atomic mass is 10.0. The Labute approximate surface area is 110 Å². The zero-order valence-corrected chi connectivity index (χ0v) is 10.6. The van der Waals surface area contributed by atoms with Gasteiger partial charge in [0.15, 0.2) is 6.20 Å². The number of rotatable bonds is 3. The van der Waals surface area contributed by atoms with E-state index in [4.69, 9.17) is 16.3 Å². The third kappa shape index (κ3) is 2.31. The first-order valence-corrected chi connectivity index (χ1v) is 5.72. The summed E-state index contributed by atoms with van der Waals surface area (Å²) in [7, 11) is 1.51. The Bertz CT molecular complexity index is 582. The molecular formula is C14H12ClNO2. The minimum Gasteiger partial charge on any atom is -0.618 e. The summed E-state index contributed by atoms with van der Waals surface area (Å²) in [5, 5.41) is 12.4. The smallest absolute Gasteiger partial charge is 0.234 e. The highest BCUT2D eigenvalue weighted by Crippen LogP contribution is 2.27. The van der Waals surface area contributed by atoms with Gasteiger partial charge >= 0.3 is 0 Å². The van der Waals surface area contributed by atoms with Crippen molar-refractivity contribution in [3.8, 4) is 11.3 Å². The van der Waals surface area contributed by atoms with Gasteiger partial charge in [0.2, 0.25) is 5.69 Å². The molecule has 0 atom stereocenters. The number of aromatic nitrogens is 1. The number of halogens is 1. The lowest BCUT2D eigenvalue weighted by molar-refractivity contribution is -0.593. The predicted octanol–water partition coefficient (Wildman–Crippen LogP) is 3.26. The van der Waals surface area contributed by atoms with E-state index in [0.29, 0.717) is 22.0 Å². The highest BCUT2D eigenvalue weighted by Gasteiger charge is 2.19. The zero-order valence-electron chi connectivity index (χ0n) is 9.89. The van der Waals surface area contributed by atoms with E-state index in [1.807, 2.05) is 30.3 Å². The second-order valence-corrected chi connectivity index (χ2v) is 4.18. The van der Waals surface area contributed by atoms with Crippen LogP contribution in [0, 0.1) is 5.21 Å². The Balaban J connectivity index is 2.69. The molecule has 3 nitrogen and oxygen atoms in total. The summed E-state index contributed by atoms with van der Waals surface area (Å²) in [4.78, 5) is 0. The Morgan fingerprint density at radius 1 is 1.33 bits per heavy atom. The first-order chi connectivity index (χ1) is 8.63. The van der Waals surface area contributed by atoms with E-state index in [0.717, 1.165) is 10.3 Å². The van der Waals surface area contributed by atoms with Crippen molar-refractivity contribution in [2.75, 3.05) is 7.11 Å². The van der Waals surface area contributed by atoms with Gasteiger partial charge in [-0.25, -0.2) is 0 Å². The fourth-order valence-electron chi connectivity index (χ4n) is 1.74. The van der Waals surface area contributed by atoms with Crippen LogP contribution in [0.4, 0.5) is 0 Å². The Morgan fingerprint density at radius 2 is 2.00 bits per heavy atom. The molecule has 4 heteroatoms. The quantitative estimate of drug-likeness (QED) is 0.483. The molecule has 0 bridgehead atoms. The van der Waals surface area contributed by atoms with Crippen LogP contribution in [0.2, 0.25) is 5.02 Å². The van der Waals surface area contributed by atoms with Crippen LogP contribution in [-0.4, -0.2) is 7.11 Å². The molecule has 1 aromatic heterocycles. The molecule has 0 saturated carbocycles. The van der Waals surface area contributed by atoms with Gasteiger partial charge in [0.1, 0.15) is 10.8 Å². The van der Waals surface area contributed by atoms with Crippen LogP contribution in [0.3, 0.4) is 0 Å². The number of methoxy groups -OCH3 is 1. The van der Waals surface area contributed by atoms with Gasteiger partial charge in [-0.1, -0.05) is 36.4 Å². The molecule has 0 unspecified atom stereocenters. The summed E-state index contributed by atoms with van der Waals surface area (Å²) in [5.41, 5.74) is 1.86. The van der Waals surface area contributed by atoms with Crippen LogP contribution in [0.1, 0.15) is 5.56 Å². The summed E-state index contributed by atoms with van der Waals surface area (Å²) in [6, 6.07) is 11.0. The van der Waals surface area contributed by atoms with Crippen LogP contribution in [-0.2, 0) is 4.74 Å². The van der Waals surface area contributed by atoms with Crippen molar-refractivity contribution in [3.05, 3.63) is 65.0 Å². The van der Waals surface area contributed by atoms with E-state index in [2.05, 4.69) is 6.58 Å². The summed E-state index contributed by atoms with van der Waals surface area (Å²) in [6.45, 7) is 3.78. The van der Waals surface area contributed by atoms with E-state index in [1.165, 1.54) is 13.3 Å². The standard InChI is InChI=1S/C14H12ClNO2/c1-10(18-2)13-8-12(15)9-16(17)14(13)11-6-4-3-5-7-11/h3-9H,1H2,2H3. The van der Waals surface area contributed by atoms with Gasteiger partial charge in [-0.2, -0.15) is 4.73 Å². The molecule has 0 N–H and O–H groups in total. The average Bonchev–Trinajstić information content (AvgIpc) is 2.38. The highest BCUT2D eigenvalue weighted by molar-refractivity contribution is 6.30. The fourth-order valence-corrected chi connectivity index (χ4v) is 1.94. The molecule has 0 amide bonds. The van der Waals surface area contributed by atoms with Crippen LogP contribution in [0.5, 0.6) is 0 Å². The normalized spacial score (nSPS) is 10.1. The number of hydrogen-bond donors (Lipinski definition) is 0. The highest BCUT2D eigenvalue weighted by atomic mass is 35.5. The van der Waals surface area contributed by atoms with Crippen molar-refractivity contribution in [2.24, 2.45) is 0 Å². The maximum absolute atomic E-state index is 12.0. The van der Waals surface area contributed by atoms with Crippen LogP contribution >= 0.6 is 11.6 Å². The van der Waals surface area contributed by atoms with E-state index in [9.17, 15) is 5.21 Å². The lowest BCUT2D eigenvalue weighted by Crippen LogP contribution is -2.30. The number of hydrogen-bond acceptors (Lipinski definition) is 2. The predicted molar refractivity (Wildman–Crippen MR) is 71.9 cm³/mol. The van der Waals surface area contributed by atoms with Crippen molar-refractivity contribution in [3.63, 3.8) is 0 Å². The molecule has 0 fully saturated rings. The third-order valence-electron chi connectivity index (χ3n) is 2.59. The molecule has 0 aliphatic carbocycles. The van der Waals surface area contributed by atoms with Gasteiger partial charge in [0.05, 0.1) is 12.7 Å². The molecule has 0 saturated heterocycles. The van der Waals surface area contributed by atoms with Crippen molar-refractivity contribution >= 4 is 17.4 Å². The molecule has 1 heterocycles. The molecule has 0 aliphatic heterocycles. The Hall–Kier alpha value is -2.00. The fraction of sp³-hybridized carbons (Fsp3) is 0.0714. The van der Waals surface area contributed by atoms with E-state index in [1.54, 1.807) is 6.07 Å². The van der Waals surface area contributed by atoms with Gasteiger partial charge in [0.25, 0.3) is 0 Å². The number of pyridine rings is 1.